The highest BCUT2D eigenvalue weighted by Gasteiger charge is 2.05. The summed E-state index contributed by atoms with van der Waals surface area (Å²) < 4.78 is 0. The molecule has 0 aliphatic heterocycles. The summed E-state index contributed by atoms with van der Waals surface area (Å²) in [4.78, 5) is 14.6. The molecule has 0 spiro atoms. The number of carbonyl (C=O) groups is 1. The van der Waals surface area contributed by atoms with Gasteiger partial charge in [0.25, 0.3) is 0 Å². The topological polar surface area (TPSA) is 70.7 Å². The molecule has 0 bridgehead atoms. The molecule has 0 radical (unpaired) electrons. The molecule has 1 heterocycles. The standard InChI is InChI=1S/C8H14N4OS/c1-6(13)9-4-7(14)2-3-8-10-5-11-12-8/h5,7,14H,2-4H2,1H3,(H,9,13)(H,10,11,12). The highest BCUT2D eigenvalue weighted by Crippen LogP contribution is 2.03. The van der Waals surface area contributed by atoms with Crippen LogP contribution < -0.4 is 5.32 Å². The van der Waals surface area contributed by atoms with Gasteiger partial charge in [0.05, 0.1) is 0 Å². The predicted molar refractivity (Wildman–Crippen MR) is 56.2 cm³/mol. The molecule has 1 atom stereocenters. The number of H-pyrrole nitrogens is 1. The molecule has 78 valence electrons. The second-order valence-electron chi connectivity index (χ2n) is 3.04. The second kappa shape index (κ2) is 5.64. The van der Waals surface area contributed by atoms with Crippen LogP contribution in [0, 0.1) is 0 Å². The number of aromatic nitrogens is 3. The average molecular weight is 214 g/mol. The van der Waals surface area contributed by atoms with Crippen LogP contribution in [-0.4, -0.2) is 32.9 Å². The lowest BCUT2D eigenvalue weighted by atomic mass is 10.2. The van der Waals surface area contributed by atoms with Gasteiger partial charge >= 0.3 is 0 Å². The van der Waals surface area contributed by atoms with Crippen molar-refractivity contribution in [3.05, 3.63) is 12.2 Å². The van der Waals surface area contributed by atoms with Crippen molar-refractivity contribution in [3.63, 3.8) is 0 Å². The van der Waals surface area contributed by atoms with Gasteiger partial charge < -0.3 is 5.32 Å². The van der Waals surface area contributed by atoms with Crippen LogP contribution >= 0.6 is 12.6 Å². The van der Waals surface area contributed by atoms with Gasteiger partial charge in [0.15, 0.2) is 0 Å². The first-order chi connectivity index (χ1) is 6.68. The lowest BCUT2D eigenvalue weighted by Crippen LogP contribution is -2.27. The number of nitrogens with one attached hydrogen (secondary N) is 2. The molecule has 0 aliphatic rings. The maximum Gasteiger partial charge on any atom is 0.216 e. The molecule has 1 unspecified atom stereocenters. The largest absolute Gasteiger partial charge is 0.355 e. The fraction of sp³-hybridized carbons (Fsp3) is 0.625. The Morgan fingerprint density at radius 3 is 3.14 bits per heavy atom. The molecule has 1 rings (SSSR count). The van der Waals surface area contributed by atoms with Crippen molar-refractivity contribution in [1.29, 1.82) is 0 Å². The van der Waals surface area contributed by atoms with E-state index in [1.54, 1.807) is 6.33 Å². The van der Waals surface area contributed by atoms with E-state index < -0.39 is 0 Å². The van der Waals surface area contributed by atoms with Gasteiger partial charge in [-0.25, -0.2) is 4.98 Å². The molecule has 1 aromatic rings. The van der Waals surface area contributed by atoms with Gasteiger partial charge in [-0.05, 0) is 6.42 Å². The number of aryl methyl sites for hydroxylation is 1. The molecule has 5 nitrogen and oxygen atoms in total. The van der Waals surface area contributed by atoms with Crippen molar-refractivity contribution in [2.75, 3.05) is 6.54 Å². The van der Waals surface area contributed by atoms with E-state index in [0.29, 0.717) is 6.54 Å². The van der Waals surface area contributed by atoms with Gasteiger partial charge in [0.2, 0.25) is 5.91 Å². The van der Waals surface area contributed by atoms with Gasteiger partial charge in [-0.3, -0.25) is 9.89 Å². The third-order valence-corrected chi connectivity index (χ3v) is 2.19. The summed E-state index contributed by atoms with van der Waals surface area (Å²) in [6, 6.07) is 0. The monoisotopic (exact) mass is 214 g/mol. The Morgan fingerprint density at radius 2 is 2.57 bits per heavy atom. The minimum absolute atomic E-state index is 0.0260. The molecule has 0 aliphatic carbocycles. The zero-order valence-electron chi connectivity index (χ0n) is 8.03. The SMILES string of the molecule is CC(=O)NCC(S)CCc1nc[nH]n1. The molecule has 14 heavy (non-hydrogen) atoms. The van der Waals surface area contributed by atoms with Crippen molar-refractivity contribution in [2.45, 2.75) is 25.0 Å². The van der Waals surface area contributed by atoms with Crippen molar-refractivity contribution >= 4 is 18.5 Å². The van der Waals surface area contributed by atoms with E-state index in [9.17, 15) is 4.79 Å². The number of amides is 1. The van der Waals surface area contributed by atoms with E-state index in [4.69, 9.17) is 0 Å². The molecule has 0 saturated heterocycles. The number of rotatable bonds is 5. The first kappa shape index (κ1) is 11.0. The maximum absolute atomic E-state index is 10.6. The molecule has 1 aromatic heterocycles. The molecule has 0 saturated carbocycles. The first-order valence-electron chi connectivity index (χ1n) is 4.45. The van der Waals surface area contributed by atoms with E-state index in [1.807, 2.05) is 0 Å². The van der Waals surface area contributed by atoms with E-state index in [2.05, 4.69) is 33.1 Å². The van der Waals surface area contributed by atoms with Crippen LogP contribution in [0.4, 0.5) is 0 Å². The molecule has 6 heteroatoms. The van der Waals surface area contributed by atoms with Crippen LogP contribution in [0.3, 0.4) is 0 Å². The fourth-order valence-electron chi connectivity index (χ4n) is 1.02. The molecular weight excluding hydrogens is 200 g/mol. The third kappa shape index (κ3) is 4.27. The van der Waals surface area contributed by atoms with Crippen LogP contribution in [-0.2, 0) is 11.2 Å². The smallest absolute Gasteiger partial charge is 0.216 e. The Labute approximate surface area is 88.1 Å². The molecular formula is C8H14N4OS. The van der Waals surface area contributed by atoms with Gasteiger partial charge in [-0.15, -0.1) is 0 Å². The van der Waals surface area contributed by atoms with Crippen LogP contribution in [0.25, 0.3) is 0 Å². The normalized spacial score (nSPS) is 12.4. The molecule has 0 fully saturated rings. The van der Waals surface area contributed by atoms with E-state index in [1.165, 1.54) is 6.92 Å². The highest BCUT2D eigenvalue weighted by molar-refractivity contribution is 7.81. The van der Waals surface area contributed by atoms with Crippen LogP contribution in [0.2, 0.25) is 0 Å². The zero-order chi connectivity index (χ0) is 10.4. The number of hydrogen-bond donors (Lipinski definition) is 3. The third-order valence-electron chi connectivity index (χ3n) is 1.75. The summed E-state index contributed by atoms with van der Waals surface area (Å²) >= 11 is 4.34. The van der Waals surface area contributed by atoms with Crippen LogP contribution in [0.5, 0.6) is 0 Å². The minimum Gasteiger partial charge on any atom is -0.355 e. The van der Waals surface area contributed by atoms with Crippen molar-refractivity contribution < 1.29 is 4.79 Å². The average Bonchev–Trinajstić information content (AvgIpc) is 2.63. The van der Waals surface area contributed by atoms with Crippen molar-refractivity contribution in [1.82, 2.24) is 20.5 Å². The number of aromatic amines is 1. The summed E-state index contributed by atoms with van der Waals surface area (Å²) in [5.41, 5.74) is 0. The van der Waals surface area contributed by atoms with Crippen molar-refractivity contribution in [3.8, 4) is 0 Å². The molecule has 2 N–H and O–H groups in total. The predicted octanol–water partition coefficient (Wildman–Crippen LogP) is 0.172. The Kier molecular flexibility index (Phi) is 4.45. The Morgan fingerprint density at radius 1 is 1.79 bits per heavy atom. The fourth-order valence-corrected chi connectivity index (χ4v) is 1.24. The summed E-state index contributed by atoms with van der Waals surface area (Å²) in [5.74, 6) is 0.758. The van der Waals surface area contributed by atoms with Gasteiger partial charge in [0.1, 0.15) is 12.2 Å². The quantitative estimate of drug-likeness (QED) is 0.612. The van der Waals surface area contributed by atoms with Crippen LogP contribution in [0.15, 0.2) is 6.33 Å². The van der Waals surface area contributed by atoms with Crippen molar-refractivity contribution in [2.24, 2.45) is 0 Å². The summed E-state index contributed by atoms with van der Waals surface area (Å²) in [7, 11) is 0. The van der Waals surface area contributed by atoms with Gasteiger partial charge in [0, 0.05) is 25.1 Å². The van der Waals surface area contributed by atoms with Crippen LogP contribution in [0.1, 0.15) is 19.2 Å². The summed E-state index contributed by atoms with van der Waals surface area (Å²) in [6.07, 6.45) is 3.18. The zero-order valence-corrected chi connectivity index (χ0v) is 8.92. The molecule has 1 amide bonds. The lowest BCUT2D eigenvalue weighted by Gasteiger charge is -2.09. The van der Waals surface area contributed by atoms with Gasteiger partial charge in [-0.1, -0.05) is 0 Å². The minimum atomic E-state index is -0.0260. The summed E-state index contributed by atoms with van der Waals surface area (Å²) in [5, 5.41) is 9.44. The highest BCUT2D eigenvalue weighted by atomic mass is 32.1. The van der Waals surface area contributed by atoms with Gasteiger partial charge in [-0.2, -0.15) is 17.7 Å². The van der Waals surface area contributed by atoms with E-state index in [-0.39, 0.29) is 11.2 Å². The second-order valence-corrected chi connectivity index (χ2v) is 3.78. The maximum atomic E-state index is 10.6. The Balaban J connectivity index is 2.15. The lowest BCUT2D eigenvalue weighted by molar-refractivity contribution is -0.118. The van der Waals surface area contributed by atoms with E-state index in [0.717, 1.165) is 18.7 Å². The van der Waals surface area contributed by atoms with E-state index >= 15 is 0 Å². The number of hydrogen-bond acceptors (Lipinski definition) is 4. The number of nitrogens with zero attached hydrogens (tertiary/aromatic N) is 2. The Bertz CT molecular complexity index is 275. The first-order valence-corrected chi connectivity index (χ1v) is 4.97. The summed E-state index contributed by atoms with van der Waals surface area (Å²) in [6.45, 7) is 2.08. The Hall–Kier alpha value is -1.04. The number of carbonyl (C=O) groups excluding carboxylic acids is 1. The molecule has 0 aromatic carbocycles. The number of thiol groups is 1.